The largest absolute Gasteiger partial charge is 0.342 e. The van der Waals surface area contributed by atoms with Gasteiger partial charge in [-0.05, 0) is 30.9 Å². The number of hydrogen-bond acceptors (Lipinski definition) is 4. The van der Waals surface area contributed by atoms with Crippen LogP contribution in [0.1, 0.15) is 19.8 Å². The van der Waals surface area contributed by atoms with E-state index in [0.717, 1.165) is 19.5 Å². The Morgan fingerprint density at radius 3 is 3.00 bits per heavy atom. The van der Waals surface area contributed by atoms with E-state index in [9.17, 15) is 9.59 Å². The molecule has 1 aliphatic heterocycles. The quantitative estimate of drug-likeness (QED) is 0.469. The van der Waals surface area contributed by atoms with E-state index in [1.54, 1.807) is 16.7 Å². The molecular weight excluding hydrogens is 334 g/mol. The van der Waals surface area contributed by atoms with Crippen LogP contribution in [0.15, 0.2) is 46.9 Å². The van der Waals surface area contributed by atoms with E-state index in [0.29, 0.717) is 34.3 Å². The van der Waals surface area contributed by atoms with Crippen LogP contribution in [-0.4, -0.2) is 39.2 Å². The van der Waals surface area contributed by atoms with Crippen molar-refractivity contribution in [2.45, 2.75) is 31.5 Å². The van der Waals surface area contributed by atoms with E-state index in [-0.39, 0.29) is 11.5 Å². The molecule has 2 aromatic rings. The standard InChI is InChI=1S/C19H23N3O2S/c1-3-10-22-18(24)15-8-4-5-9-16(15)20-19(22)25-13-17(23)21-11-6-7-14(2)12-21/h3-5,8-9,14H,1,6-7,10-13H2,2H3. The Balaban J connectivity index is 1.82. The Hall–Kier alpha value is -2.08. The normalized spacial score (nSPS) is 17.6. The molecule has 6 heteroatoms. The average molecular weight is 357 g/mol. The Morgan fingerprint density at radius 2 is 2.24 bits per heavy atom. The van der Waals surface area contributed by atoms with Crippen LogP contribution >= 0.6 is 11.8 Å². The summed E-state index contributed by atoms with van der Waals surface area (Å²) in [6.45, 7) is 7.94. The van der Waals surface area contributed by atoms with Crippen molar-refractivity contribution in [3.63, 3.8) is 0 Å². The van der Waals surface area contributed by atoms with Crippen LogP contribution in [0.4, 0.5) is 0 Å². The summed E-state index contributed by atoms with van der Waals surface area (Å²) in [4.78, 5) is 31.7. The zero-order valence-electron chi connectivity index (χ0n) is 14.5. The molecule has 3 rings (SSSR count). The van der Waals surface area contributed by atoms with Crippen molar-refractivity contribution in [1.29, 1.82) is 0 Å². The number of piperidine rings is 1. The average Bonchev–Trinajstić information content (AvgIpc) is 2.62. The number of hydrogen-bond donors (Lipinski definition) is 0. The van der Waals surface area contributed by atoms with E-state index in [4.69, 9.17) is 0 Å². The number of fused-ring (bicyclic) bond motifs is 1. The third-order valence-electron chi connectivity index (χ3n) is 4.47. The first-order valence-electron chi connectivity index (χ1n) is 8.61. The summed E-state index contributed by atoms with van der Waals surface area (Å²) >= 11 is 1.33. The number of nitrogens with zero attached hydrogens (tertiary/aromatic N) is 3. The van der Waals surface area contributed by atoms with Gasteiger partial charge in [0.05, 0.1) is 16.7 Å². The molecule has 0 saturated carbocycles. The van der Waals surface area contributed by atoms with Gasteiger partial charge in [-0.2, -0.15) is 0 Å². The monoisotopic (exact) mass is 357 g/mol. The molecule has 0 aliphatic carbocycles. The Kier molecular flexibility index (Phi) is 5.58. The van der Waals surface area contributed by atoms with Gasteiger partial charge in [0.25, 0.3) is 5.56 Å². The zero-order valence-corrected chi connectivity index (χ0v) is 15.3. The van der Waals surface area contributed by atoms with E-state index in [1.165, 1.54) is 18.2 Å². The first kappa shape index (κ1) is 17.7. The lowest BCUT2D eigenvalue weighted by Crippen LogP contribution is -2.40. The van der Waals surface area contributed by atoms with Gasteiger partial charge in [-0.1, -0.05) is 36.9 Å². The third kappa shape index (κ3) is 3.95. The summed E-state index contributed by atoms with van der Waals surface area (Å²) < 4.78 is 1.59. The second-order valence-electron chi connectivity index (χ2n) is 6.49. The summed E-state index contributed by atoms with van der Waals surface area (Å²) in [5.41, 5.74) is 0.571. The SMILES string of the molecule is C=CCn1c(SCC(=O)N2CCCC(C)C2)nc2ccccc2c1=O. The molecule has 132 valence electrons. The maximum Gasteiger partial charge on any atom is 0.262 e. The van der Waals surface area contributed by atoms with Crippen molar-refractivity contribution >= 4 is 28.6 Å². The summed E-state index contributed by atoms with van der Waals surface area (Å²) in [7, 11) is 0. The number of thioether (sulfide) groups is 1. The van der Waals surface area contributed by atoms with Gasteiger partial charge < -0.3 is 4.90 Å². The zero-order chi connectivity index (χ0) is 17.8. The van der Waals surface area contributed by atoms with Crippen LogP contribution in [0.3, 0.4) is 0 Å². The minimum absolute atomic E-state index is 0.0907. The van der Waals surface area contributed by atoms with Crippen LogP contribution in [0.25, 0.3) is 10.9 Å². The first-order chi connectivity index (χ1) is 12.1. The molecule has 1 saturated heterocycles. The fourth-order valence-corrected chi connectivity index (χ4v) is 4.09. The summed E-state index contributed by atoms with van der Waals surface area (Å²) in [6.07, 6.45) is 3.92. The van der Waals surface area contributed by atoms with Crippen LogP contribution in [0.2, 0.25) is 0 Å². The highest BCUT2D eigenvalue weighted by molar-refractivity contribution is 7.99. The van der Waals surface area contributed by atoms with Gasteiger partial charge in [0.15, 0.2) is 5.16 Å². The lowest BCUT2D eigenvalue weighted by atomic mass is 10.0. The number of carbonyl (C=O) groups is 1. The molecule has 1 amide bonds. The highest BCUT2D eigenvalue weighted by atomic mass is 32.2. The van der Waals surface area contributed by atoms with E-state index < -0.39 is 0 Å². The Morgan fingerprint density at radius 1 is 1.44 bits per heavy atom. The molecule has 2 heterocycles. The molecule has 1 unspecified atom stereocenters. The third-order valence-corrected chi connectivity index (χ3v) is 5.43. The second kappa shape index (κ2) is 7.87. The number of carbonyl (C=O) groups excluding carboxylic acids is 1. The number of benzene rings is 1. The van der Waals surface area contributed by atoms with Gasteiger partial charge in [-0.15, -0.1) is 6.58 Å². The minimum atomic E-state index is -0.0907. The van der Waals surface area contributed by atoms with Gasteiger partial charge in [-0.3, -0.25) is 14.2 Å². The van der Waals surface area contributed by atoms with Gasteiger partial charge >= 0.3 is 0 Å². The molecule has 0 N–H and O–H groups in total. The van der Waals surface area contributed by atoms with Crippen molar-refractivity contribution in [3.05, 3.63) is 47.3 Å². The highest BCUT2D eigenvalue weighted by Crippen LogP contribution is 2.21. The number of likely N-dealkylation sites (tertiary alicyclic amines) is 1. The molecule has 5 nitrogen and oxygen atoms in total. The van der Waals surface area contributed by atoms with Gasteiger partial charge in [0.1, 0.15) is 0 Å². The molecule has 1 aliphatic rings. The summed E-state index contributed by atoms with van der Waals surface area (Å²) in [6, 6.07) is 7.30. The second-order valence-corrected chi connectivity index (χ2v) is 7.43. The lowest BCUT2D eigenvalue weighted by Gasteiger charge is -2.30. The maximum atomic E-state index is 12.7. The van der Waals surface area contributed by atoms with E-state index in [1.807, 2.05) is 23.1 Å². The smallest absolute Gasteiger partial charge is 0.262 e. The summed E-state index contributed by atoms with van der Waals surface area (Å²) in [5.74, 6) is 0.971. The molecular formula is C19H23N3O2S. The predicted molar refractivity (Wildman–Crippen MR) is 102 cm³/mol. The lowest BCUT2D eigenvalue weighted by molar-refractivity contribution is -0.130. The van der Waals surface area contributed by atoms with Crippen LogP contribution in [-0.2, 0) is 11.3 Å². The maximum absolute atomic E-state index is 12.7. The molecule has 0 spiro atoms. The van der Waals surface area contributed by atoms with Crippen LogP contribution < -0.4 is 5.56 Å². The van der Waals surface area contributed by atoms with Crippen molar-refractivity contribution in [2.75, 3.05) is 18.8 Å². The van der Waals surface area contributed by atoms with Crippen LogP contribution in [0.5, 0.6) is 0 Å². The fraction of sp³-hybridized carbons (Fsp3) is 0.421. The topological polar surface area (TPSA) is 55.2 Å². The highest BCUT2D eigenvalue weighted by Gasteiger charge is 2.21. The molecule has 0 radical (unpaired) electrons. The van der Waals surface area contributed by atoms with Gasteiger partial charge in [-0.25, -0.2) is 4.98 Å². The molecule has 0 bridgehead atoms. The minimum Gasteiger partial charge on any atom is -0.342 e. The molecule has 1 aromatic carbocycles. The Bertz CT molecular complexity index is 846. The van der Waals surface area contributed by atoms with Gasteiger partial charge in [0.2, 0.25) is 5.91 Å². The number of amides is 1. The van der Waals surface area contributed by atoms with Crippen molar-refractivity contribution in [2.24, 2.45) is 5.92 Å². The van der Waals surface area contributed by atoms with Crippen molar-refractivity contribution in [3.8, 4) is 0 Å². The number of para-hydroxylation sites is 1. The first-order valence-corrected chi connectivity index (χ1v) is 9.59. The number of allylic oxidation sites excluding steroid dienone is 1. The summed E-state index contributed by atoms with van der Waals surface area (Å²) in [5, 5.41) is 1.16. The number of aromatic nitrogens is 2. The molecule has 1 fully saturated rings. The fourth-order valence-electron chi connectivity index (χ4n) is 3.18. The Labute approximate surface area is 151 Å². The predicted octanol–water partition coefficient (Wildman–Crippen LogP) is 2.93. The molecule has 1 atom stereocenters. The van der Waals surface area contributed by atoms with E-state index >= 15 is 0 Å². The van der Waals surface area contributed by atoms with E-state index in [2.05, 4.69) is 18.5 Å². The van der Waals surface area contributed by atoms with Crippen LogP contribution in [0, 0.1) is 5.92 Å². The van der Waals surface area contributed by atoms with Gasteiger partial charge in [0, 0.05) is 19.6 Å². The number of rotatable bonds is 5. The molecule has 1 aromatic heterocycles. The molecule has 25 heavy (non-hydrogen) atoms. The van der Waals surface area contributed by atoms with Crippen molar-refractivity contribution < 1.29 is 4.79 Å². The van der Waals surface area contributed by atoms with Crippen molar-refractivity contribution in [1.82, 2.24) is 14.5 Å².